The maximum atomic E-state index is 13.1. The summed E-state index contributed by atoms with van der Waals surface area (Å²) >= 11 is 0. The van der Waals surface area contributed by atoms with Gasteiger partial charge in [0, 0.05) is 12.6 Å². The monoisotopic (exact) mass is 337 g/mol. The smallest absolute Gasteiger partial charge is 0.223 e. The van der Waals surface area contributed by atoms with E-state index in [-0.39, 0.29) is 17.5 Å². The number of hydrogen-bond donors (Lipinski definition) is 1. The van der Waals surface area contributed by atoms with E-state index in [1.807, 2.05) is 12.1 Å². The third-order valence-electron chi connectivity index (χ3n) is 4.38. The Labute approximate surface area is 143 Å². The molecule has 0 bridgehead atoms. The third-order valence-corrected chi connectivity index (χ3v) is 4.38. The zero-order valence-corrected chi connectivity index (χ0v) is 13.4. The molecule has 0 fully saturated rings. The molecule has 0 amide bonds. The Morgan fingerprint density at radius 1 is 1.20 bits per heavy atom. The van der Waals surface area contributed by atoms with Crippen molar-refractivity contribution in [2.24, 2.45) is 0 Å². The first-order chi connectivity index (χ1) is 12.2. The molecule has 126 valence electrons. The summed E-state index contributed by atoms with van der Waals surface area (Å²) in [5, 5.41) is 3.10. The number of fused-ring (bicyclic) bond motifs is 1. The first-order valence-electron chi connectivity index (χ1n) is 8.10. The van der Waals surface area contributed by atoms with Crippen LogP contribution in [-0.2, 0) is 13.0 Å². The lowest BCUT2D eigenvalue weighted by Gasteiger charge is -2.23. The fourth-order valence-corrected chi connectivity index (χ4v) is 3.08. The minimum absolute atomic E-state index is 0.00780. The summed E-state index contributed by atoms with van der Waals surface area (Å²) in [4.78, 5) is 21.1. The number of rotatable bonds is 4. The zero-order valence-electron chi connectivity index (χ0n) is 13.4. The number of nitrogens with one attached hydrogen (secondary N) is 1. The van der Waals surface area contributed by atoms with Gasteiger partial charge in [0.2, 0.25) is 5.95 Å². The van der Waals surface area contributed by atoms with Gasteiger partial charge in [0.1, 0.15) is 11.6 Å². The molecule has 3 aromatic rings. The Morgan fingerprint density at radius 3 is 2.80 bits per heavy atom. The van der Waals surface area contributed by atoms with Crippen LogP contribution in [0.3, 0.4) is 0 Å². The topological polar surface area (TPSA) is 68.0 Å². The van der Waals surface area contributed by atoms with Gasteiger partial charge in [-0.25, -0.2) is 14.4 Å². The lowest BCUT2D eigenvalue weighted by atomic mass is 9.82. The molecule has 0 aliphatic heterocycles. The molecule has 1 N–H and O–H groups in total. The standard InChI is InChI=1S/C19H16FN3O2/c20-14-5-3-12(4-6-14)13-8-17-16(18(24)9-13)11-22-19(23-17)21-10-15-2-1-7-25-15/h1-7,11,13H,8-10H2,(H,21,22,23)/t13-/m0/s1. The maximum Gasteiger partial charge on any atom is 0.223 e. The van der Waals surface area contributed by atoms with Crippen molar-refractivity contribution in [2.45, 2.75) is 25.3 Å². The molecule has 25 heavy (non-hydrogen) atoms. The van der Waals surface area contributed by atoms with Crippen molar-refractivity contribution in [3.05, 3.63) is 77.3 Å². The first-order valence-corrected chi connectivity index (χ1v) is 8.10. The lowest BCUT2D eigenvalue weighted by molar-refractivity contribution is 0.0962. The zero-order chi connectivity index (χ0) is 17.2. The van der Waals surface area contributed by atoms with Gasteiger partial charge in [-0.05, 0) is 42.2 Å². The number of carbonyl (C=O) groups excluding carboxylic acids is 1. The van der Waals surface area contributed by atoms with Gasteiger partial charge in [0.05, 0.1) is 24.1 Å². The molecule has 1 atom stereocenters. The molecule has 0 saturated heterocycles. The molecule has 0 radical (unpaired) electrons. The summed E-state index contributed by atoms with van der Waals surface area (Å²) in [6, 6.07) is 9.98. The van der Waals surface area contributed by atoms with Gasteiger partial charge < -0.3 is 9.73 Å². The number of aromatic nitrogens is 2. The highest BCUT2D eigenvalue weighted by Crippen LogP contribution is 2.32. The Hall–Kier alpha value is -3.02. The van der Waals surface area contributed by atoms with E-state index in [0.29, 0.717) is 30.9 Å². The normalized spacial score (nSPS) is 16.5. The van der Waals surface area contributed by atoms with Gasteiger partial charge in [0.15, 0.2) is 5.78 Å². The van der Waals surface area contributed by atoms with Gasteiger partial charge in [-0.1, -0.05) is 12.1 Å². The highest BCUT2D eigenvalue weighted by atomic mass is 19.1. The average molecular weight is 337 g/mol. The summed E-state index contributed by atoms with van der Waals surface area (Å²) in [5.74, 6) is 0.990. The van der Waals surface area contributed by atoms with E-state index < -0.39 is 0 Å². The van der Waals surface area contributed by atoms with Crippen LogP contribution in [0.15, 0.2) is 53.3 Å². The number of benzene rings is 1. The average Bonchev–Trinajstić information content (AvgIpc) is 3.14. The Bertz CT molecular complexity index is 892. The van der Waals surface area contributed by atoms with Crippen LogP contribution in [0.4, 0.5) is 10.3 Å². The van der Waals surface area contributed by atoms with Crippen LogP contribution in [0.25, 0.3) is 0 Å². The van der Waals surface area contributed by atoms with Crippen LogP contribution in [0.1, 0.15) is 39.7 Å². The fourth-order valence-electron chi connectivity index (χ4n) is 3.08. The lowest BCUT2D eigenvalue weighted by Crippen LogP contribution is -2.21. The molecule has 0 spiro atoms. The second-order valence-electron chi connectivity index (χ2n) is 6.07. The summed E-state index contributed by atoms with van der Waals surface area (Å²) in [6.07, 6.45) is 4.21. The SMILES string of the molecule is O=C1C[C@@H](c2ccc(F)cc2)Cc2nc(NCc3ccco3)ncc21. The van der Waals surface area contributed by atoms with Crippen LogP contribution in [0, 0.1) is 5.82 Å². The number of carbonyl (C=O) groups is 1. The van der Waals surface area contributed by atoms with Crippen LogP contribution in [0.2, 0.25) is 0 Å². The van der Waals surface area contributed by atoms with Crippen molar-refractivity contribution in [1.29, 1.82) is 0 Å². The maximum absolute atomic E-state index is 13.1. The van der Waals surface area contributed by atoms with Crippen LogP contribution in [0.5, 0.6) is 0 Å². The van der Waals surface area contributed by atoms with Gasteiger partial charge >= 0.3 is 0 Å². The highest BCUT2D eigenvalue weighted by Gasteiger charge is 2.28. The Morgan fingerprint density at radius 2 is 2.04 bits per heavy atom. The molecule has 4 rings (SSSR count). The van der Waals surface area contributed by atoms with Crippen molar-refractivity contribution in [1.82, 2.24) is 9.97 Å². The summed E-state index contributed by atoms with van der Waals surface area (Å²) in [7, 11) is 0. The molecule has 2 aromatic heterocycles. The highest BCUT2D eigenvalue weighted by molar-refractivity contribution is 5.98. The minimum atomic E-state index is -0.280. The van der Waals surface area contributed by atoms with E-state index in [9.17, 15) is 9.18 Å². The number of furan rings is 1. The molecule has 6 heteroatoms. The predicted octanol–water partition coefficient (Wildman–Crippen LogP) is 3.73. The molecule has 1 aromatic carbocycles. The number of halogens is 1. The largest absolute Gasteiger partial charge is 0.467 e. The van der Waals surface area contributed by atoms with Crippen LogP contribution >= 0.6 is 0 Å². The quantitative estimate of drug-likeness (QED) is 0.785. The second kappa shape index (κ2) is 6.47. The van der Waals surface area contributed by atoms with Crippen molar-refractivity contribution in [3.8, 4) is 0 Å². The molecule has 5 nitrogen and oxygen atoms in total. The number of hydrogen-bond acceptors (Lipinski definition) is 5. The number of anilines is 1. The van der Waals surface area contributed by atoms with E-state index in [2.05, 4.69) is 15.3 Å². The van der Waals surface area contributed by atoms with Gasteiger partial charge in [-0.2, -0.15) is 0 Å². The molecular weight excluding hydrogens is 321 g/mol. The number of nitrogens with zero attached hydrogens (tertiary/aromatic N) is 2. The van der Waals surface area contributed by atoms with E-state index in [1.54, 1.807) is 24.6 Å². The fraction of sp³-hybridized carbons (Fsp3) is 0.211. The van der Waals surface area contributed by atoms with E-state index in [0.717, 1.165) is 17.0 Å². The van der Waals surface area contributed by atoms with Crippen molar-refractivity contribution in [3.63, 3.8) is 0 Å². The van der Waals surface area contributed by atoms with Crippen LogP contribution < -0.4 is 5.32 Å². The van der Waals surface area contributed by atoms with Gasteiger partial charge in [-0.15, -0.1) is 0 Å². The van der Waals surface area contributed by atoms with E-state index >= 15 is 0 Å². The second-order valence-corrected chi connectivity index (χ2v) is 6.07. The number of ketones is 1. The minimum Gasteiger partial charge on any atom is -0.467 e. The molecule has 0 unspecified atom stereocenters. The Balaban J connectivity index is 1.55. The predicted molar refractivity (Wildman–Crippen MR) is 89.9 cm³/mol. The van der Waals surface area contributed by atoms with Crippen LogP contribution in [-0.4, -0.2) is 15.8 Å². The molecule has 1 aliphatic carbocycles. The van der Waals surface area contributed by atoms with E-state index in [4.69, 9.17) is 4.42 Å². The third kappa shape index (κ3) is 3.28. The van der Waals surface area contributed by atoms with Crippen molar-refractivity contribution < 1.29 is 13.6 Å². The van der Waals surface area contributed by atoms with Crippen molar-refractivity contribution in [2.75, 3.05) is 5.32 Å². The molecule has 2 heterocycles. The summed E-state index contributed by atoms with van der Waals surface area (Å²) in [6.45, 7) is 0.473. The van der Waals surface area contributed by atoms with Gasteiger partial charge in [0.25, 0.3) is 0 Å². The summed E-state index contributed by atoms with van der Waals surface area (Å²) in [5.41, 5.74) is 2.24. The first kappa shape index (κ1) is 15.5. The van der Waals surface area contributed by atoms with E-state index in [1.165, 1.54) is 12.1 Å². The van der Waals surface area contributed by atoms with Crippen molar-refractivity contribution >= 4 is 11.7 Å². The molecular formula is C19H16FN3O2. The molecule has 0 saturated carbocycles. The molecule has 1 aliphatic rings. The summed E-state index contributed by atoms with van der Waals surface area (Å²) < 4.78 is 18.4. The number of Topliss-reactive ketones (excluding diaryl/α,β-unsaturated/α-hetero) is 1. The Kier molecular flexibility index (Phi) is 4.01. The van der Waals surface area contributed by atoms with Gasteiger partial charge in [-0.3, -0.25) is 4.79 Å².